The predicted molar refractivity (Wildman–Crippen MR) is 94.6 cm³/mol. The van der Waals surface area contributed by atoms with Crippen LogP contribution in [0, 0.1) is 0 Å². The first-order valence-corrected chi connectivity index (χ1v) is 9.41. The van der Waals surface area contributed by atoms with E-state index in [1.165, 1.54) is 12.8 Å². The van der Waals surface area contributed by atoms with Crippen molar-refractivity contribution >= 4 is 11.8 Å². The summed E-state index contributed by atoms with van der Waals surface area (Å²) in [6.45, 7) is 4.20. The molecule has 25 heavy (non-hydrogen) atoms. The van der Waals surface area contributed by atoms with E-state index in [9.17, 15) is 9.59 Å². The Morgan fingerprint density at radius 1 is 1.32 bits per heavy atom. The van der Waals surface area contributed by atoms with E-state index in [0.29, 0.717) is 25.4 Å². The summed E-state index contributed by atoms with van der Waals surface area (Å²) in [4.78, 5) is 25.6. The van der Waals surface area contributed by atoms with Gasteiger partial charge < -0.3 is 11.1 Å². The van der Waals surface area contributed by atoms with Crippen molar-refractivity contribution in [2.24, 2.45) is 5.73 Å². The summed E-state index contributed by atoms with van der Waals surface area (Å²) in [5.41, 5.74) is 7.49. The van der Waals surface area contributed by atoms with E-state index in [4.69, 9.17) is 5.73 Å². The number of primary amides is 1. The molecular weight excluding hydrogens is 318 g/mol. The van der Waals surface area contributed by atoms with Gasteiger partial charge in [0.2, 0.25) is 11.8 Å². The lowest BCUT2D eigenvalue weighted by molar-refractivity contribution is -0.123. The molecule has 2 aliphatic rings. The van der Waals surface area contributed by atoms with Crippen LogP contribution < -0.4 is 11.1 Å². The predicted octanol–water partition coefficient (Wildman–Crippen LogP) is 0.954. The molecule has 7 nitrogen and oxygen atoms in total. The topological polar surface area (TPSA) is 93.2 Å². The van der Waals surface area contributed by atoms with Gasteiger partial charge in [0.1, 0.15) is 0 Å². The summed E-state index contributed by atoms with van der Waals surface area (Å²) in [6.07, 6.45) is 6.74. The Labute approximate surface area is 148 Å². The zero-order valence-corrected chi connectivity index (χ0v) is 15.0. The highest BCUT2D eigenvalue weighted by Crippen LogP contribution is 2.19. The fourth-order valence-electron chi connectivity index (χ4n) is 3.79. The van der Waals surface area contributed by atoms with Gasteiger partial charge in [0.05, 0.1) is 17.4 Å². The number of amides is 2. The van der Waals surface area contributed by atoms with Crippen LogP contribution in [-0.4, -0.2) is 45.1 Å². The lowest BCUT2D eigenvalue weighted by atomic mass is 10.2. The third-order valence-corrected chi connectivity index (χ3v) is 5.38. The van der Waals surface area contributed by atoms with E-state index in [2.05, 4.69) is 21.4 Å². The minimum atomic E-state index is -0.295. The Kier molecular flexibility index (Phi) is 5.73. The second kappa shape index (κ2) is 7.99. The number of carbonyl (C=O) groups excluding carboxylic acids is 2. The van der Waals surface area contributed by atoms with Crippen LogP contribution in [-0.2, 0) is 29.1 Å². The molecule has 1 aromatic rings. The van der Waals surface area contributed by atoms with Crippen LogP contribution in [0.4, 0.5) is 0 Å². The fourth-order valence-corrected chi connectivity index (χ4v) is 3.79. The first-order valence-electron chi connectivity index (χ1n) is 9.41. The monoisotopic (exact) mass is 347 g/mol. The van der Waals surface area contributed by atoms with E-state index < -0.39 is 0 Å². The molecule has 0 bridgehead atoms. The van der Waals surface area contributed by atoms with Crippen LogP contribution in [0.2, 0.25) is 0 Å². The Morgan fingerprint density at radius 3 is 2.80 bits per heavy atom. The third kappa shape index (κ3) is 4.60. The van der Waals surface area contributed by atoms with Crippen LogP contribution in [0.1, 0.15) is 56.8 Å². The molecule has 1 aliphatic carbocycles. The number of nitrogens with zero attached hydrogens (tertiary/aromatic N) is 3. The molecule has 1 unspecified atom stereocenters. The number of aromatic nitrogens is 2. The van der Waals surface area contributed by atoms with E-state index >= 15 is 0 Å². The molecule has 0 radical (unpaired) electrons. The maximum Gasteiger partial charge on any atom is 0.234 e. The zero-order valence-electron chi connectivity index (χ0n) is 15.0. The van der Waals surface area contributed by atoms with Gasteiger partial charge in [0.15, 0.2) is 0 Å². The molecule has 1 saturated carbocycles. The fraction of sp³-hybridized carbons (Fsp3) is 0.722. The average Bonchev–Trinajstić information content (AvgIpc) is 3.17. The SMILES string of the molecule is CC(C(N)=O)N1CCCn2nc(CCC(=O)NC3CCCC3)cc2C1. The van der Waals surface area contributed by atoms with Crippen LogP contribution in [0.5, 0.6) is 0 Å². The largest absolute Gasteiger partial charge is 0.368 e. The number of hydrogen-bond donors (Lipinski definition) is 2. The molecule has 1 atom stereocenters. The minimum absolute atomic E-state index is 0.124. The molecule has 138 valence electrons. The van der Waals surface area contributed by atoms with Gasteiger partial charge in [-0.25, -0.2) is 0 Å². The Hall–Kier alpha value is -1.89. The zero-order chi connectivity index (χ0) is 17.8. The summed E-state index contributed by atoms with van der Waals surface area (Å²) in [6, 6.07) is 2.16. The molecule has 7 heteroatoms. The molecule has 1 fully saturated rings. The smallest absolute Gasteiger partial charge is 0.234 e. The Morgan fingerprint density at radius 2 is 2.08 bits per heavy atom. The number of carbonyl (C=O) groups is 2. The molecule has 2 amide bonds. The maximum atomic E-state index is 12.1. The van der Waals surface area contributed by atoms with Crippen molar-refractivity contribution < 1.29 is 9.59 Å². The van der Waals surface area contributed by atoms with E-state index in [-0.39, 0.29) is 17.9 Å². The second-order valence-electron chi connectivity index (χ2n) is 7.30. The highest BCUT2D eigenvalue weighted by atomic mass is 16.2. The molecule has 0 aromatic carbocycles. The summed E-state index contributed by atoms with van der Waals surface area (Å²) < 4.78 is 2.01. The van der Waals surface area contributed by atoms with Crippen molar-refractivity contribution in [3.63, 3.8) is 0 Å². The van der Waals surface area contributed by atoms with Crippen molar-refractivity contribution in [1.82, 2.24) is 20.0 Å². The van der Waals surface area contributed by atoms with Gasteiger partial charge in [-0.05, 0) is 32.3 Å². The number of hydrogen-bond acceptors (Lipinski definition) is 4. The summed E-state index contributed by atoms with van der Waals surface area (Å²) >= 11 is 0. The first kappa shape index (κ1) is 17.9. The van der Waals surface area contributed by atoms with Crippen molar-refractivity contribution in [1.29, 1.82) is 0 Å². The number of aryl methyl sites for hydroxylation is 2. The lowest BCUT2D eigenvalue weighted by Crippen LogP contribution is -2.42. The second-order valence-corrected chi connectivity index (χ2v) is 7.30. The minimum Gasteiger partial charge on any atom is -0.368 e. The lowest BCUT2D eigenvalue weighted by Gasteiger charge is -2.24. The van der Waals surface area contributed by atoms with E-state index in [1.54, 1.807) is 0 Å². The van der Waals surface area contributed by atoms with Crippen molar-refractivity contribution in [2.45, 2.75) is 77.0 Å². The van der Waals surface area contributed by atoms with Crippen LogP contribution in [0.25, 0.3) is 0 Å². The van der Waals surface area contributed by atoms with Crippen LogP contribution >= 0.6 is 0 Å². The number of fused-ring (bicyclic) bond motifs is 1. The highest BCUT2D eigenvalue weighted by Gasteiger charge is 2.24. The molecule has 0 spiro atoms. The molecular formula is C18H29N5O2. The quantitative estimate of drug-likeness (QED) is 0.801. The summed E-state index contributed by atoms with van der Waals surface area (Å²) in [7, 11) is 0. The Balaban J connectivity index is 1.55. The molecule has 3 rings (SSSR count). The van der Waals surface area contributed by atoms with Crippen LogP contribution in [0.15, 0.2) is 6.07 Å². The Bertz CT molecular complexity index is 621. The van der Waals surface area contributed by atoms with Gasteiger partial charge in [0, 0.05) is 38.5 Å². The third-order valence-electron chi connectivity index (χ3n) is 5.38. The molecule has 0 saturated heterocycles. The number of nitrogens with two attached hydrogens (primary N) is 1. The van der Waals surface area contributed by atoms with E-state index in [0.717, 1.165) is 43.7 Å². The molecule has 1 aromatic heterocycles. The standard InChI is InChI=1S/C18H29N5O2/c1-13(18(19)25)22-9-4-10-23-16(12-22)11-15(21-23)7-8-17(24)20-14-5-2-3-6-14/h11,13-14H,2-10,12H2,1H3,(H2,19,25)(H,20,24). The first-order chi connectivity index (χ1) is 12.0. The van der Waals surface area contributed by atoms with Gasteiger partial charge in [-0.3, -0.25) is 19.2 Å². The number of nitrogens with one attached hydrogen (secondary N) is 1. The normalized spacial score (nSPS) is 20.0. The van der Waals surface area contributed by atoms with Crippen molar-refractivity contribution in [3.05, 3.63) is 17.5 Å². The maximum absolute atomic E-state index is 12.1. The van der Waals surface area contributed by atoms with Crippen LogP contribution in [0.3, 0.4) is 0 Å². The molecule has 3 N–H and O–H groups in total. The van der Waals surface area contributed by atoms with Crippen molar-refractivity contribution in [3.8, 4) is 0 Å². The van der Waals surface area contributed by atoms with Gasteiger partial charge >= 0.3 is 0 Å². The highest BCUT2D eigenvalue weighted by molar-refractivity contribution is 5.79. The van der Waals surface area contributed by atoms with Gasteiger partial charge in [-0.1, -0.05) is 12.8 Å². The summed E-state index contributed by atoms with van der Waals surface area (Å²) in [5, 5.41) is 7.77. The van der Waals surface area contributed by atoms with Gasteiger partial charge in [-0.2, -0.15) is 5.10 Å². The molecule has 2 heterocycles. The average molecular weight is 347 g/mol. The molecule has 1 aliphatic heterocycles. The van der Waals surface area contributed by atoms with E-state index in [1.807, 2.05) is 11.6 Å². The van der Waals surface area contributed by atoms with Gasteiger partial charge in [0.25, 0.3) is 0 Å². The number of rotatable bonds is 6. The summed E-state index contributed by atoms with van der Waals surface area (Å²) in [5.74, 6) is -0.171. The van der Waals surface area contributed by atoms with Gasteiger partial charge in [-0.15, -0.1) is 0 Å². The van der Waals surface area contributed by atoms with Crippen molar-refractivity contribution in [2.75, 3.05) is 6.54 Å².